The molecular formula is C28H49FN3O9P. The van der Waals surface area contributed by atoms with E-state index in [1.165, 1.54) is 19.3 Å². The highest BCUT2D eigenvalue weighted by atomic mass is 31.2. The molecule has 1 aliphatic carbocycles. The van der Waals surface area contributed by atoms with Crippen molar-refractivity contribution in [2.45, 2.75) is 89.3 Å². The van der Waals surface area contributed by atoms with E-state index in [9.17, 15) is 23.7 Å². The summed E-state index contributed by atoms with van der Waals surface area (Å²) in [6.07, 6.45) is 13.9. The van der Waals surface area contributed by atoms with Gasteiger partial charge in [0.1, 0.15) is 24.3 Å². The quantitative estimate of drug-likeness (QED) is 0.156. The van der Waals surface area contributed by atoms with Gasteiger partial charge in [-0.25, -0.2) is 19.3 Å². The number of carbonyl (C=O) groups excluding carboxylic acids is 2. The lowest BCUT2D eigenvalue weighted by Gasteiger charge is -2.28. The summed E-state index contributed by atoms with van der Waals surface area (Å²) in [7, 11) is -4.17. The molecule has 0 aromatic rings. The molecule has 4 atom stereocenters. The fraction of sp³-hybridized carbons (Fsp3) is 0.571. The van der Waals surface area contributed by atoms with E-state index in [2.05, 4.69) is 36.2 Å². The first-order valence-electron chi connectivity index (χ1n) is 13.6. The summed E-state index contributed by atoms with van der Waals surface area (Å²) >= 11 is 0. The van der Waals surface area contributed by atoms with Crippen LogP contribution < -0.4 is 10.8 Å². The average molecular weight is 622 g/mol. The molecule has 0 radical (unpaired) electrons. The first kappa shape index (κ1) is 41.5. The molecule has 1 saturated carbocycles. The van der Waals surface area contributed by atoms with Crippen LogP contribution in [0.1, 0.15) is 64.7 Å². The van der Waals surface area contributed by atoms with Crippen LogP contribution in [-0.4, -0.2) is 70.1 Å². The molecule has 0 bridgehead atoms. The number of hydrogen-bond acceptors (Lipinski definition) is 7. The minimum absolute atomic E-state index is 0. The van der Waals surface area contributed by atoms with Crippen molar-refractivity contribution < 1.29 is 48.0 Å². The Morgan fingerprint density at radius 3 is 2.19 bits per heavy atom. The molecule has 42 heavy (non-hydrogen) atoms. The number of esters is 1. The third-order valence-electron chi connectivity index (χ3n) is 5.67. The third kappa shape index (κ3) is 19.5. The molecule has 12 nitrogen and oxygen atoms in total. The Morgan fingerprint density at radius 2 is 1.74 bits per heavy atom. The molecule has 3 aliphatic rings. The first-order chi connectivity index (χ1) is 19.4. The van der Waals surface area contributed by atoms with Crippen LogP contribution in [0.15, 0.2) is 62.6 Å². The minimum atomic E-state index is -4.17. The van der Waals surface area contributed by atoms with Gasteiger partial charge in [-0.1, -0.05) is 37.6 Å². The lowest BCUT2D eigenvalue weighted by Crippen LogP contribution is -2.46. The van der Waals surface area contributed by atoms with Crippen molar-refractivity contribution in [2.75, 3.05) is 13.2 Å². The zero-order valence-corrected chi connectivity index (χ0v) is 25.4. The van der Waals surface area contributed by atoms with Gasteiger partial charge in [0, 0.05) is 19.0 Å². The fourth-order valence-corrected chi connectivity index (χ4v) is 3.98. The highest BCUT2D eigenvalue weighted by molar-refractivity contribution is 7.50. The van der Waals surface area contributed by atoms with E-state index in [4.69, 9.17) is 19.9 Å². The number of nitrogens with one attached hydrogen (secondary N) is 1. The van der Waals surface area contributed by atoms with E-state index in [1.807, 2.05) is 31.2 Å². The van der Waals surface area contributed by atoms with E-state index in [0.717, 1.165) is 36.8 Å². The number of ether oxygens (including phenoxy) is 2. The predicted octanol–water partition coefficient (Wildman–Crippen LogP) is 4.32. The van der Waals surface area contributed by atoms with Crippen LogP contribution in [-0.2, 0) is 23.4 Å². The number of hydrogen-bond donors (Lipinski definition) is 4. The Morgan fingerprint density at radius 1 is 1.19 bits per heavy atom. The topological polar surface area (TPSA) is 192 Å². The van der Waals surface area contributed by atoms with Crippen LogP contribution in [0.4, 0.5) is 9.18 Å². The Labute approximate surface area is 248 Å². The Kier molecular flexibility index (Phi) is 23.6. The highest BCUT2D eigenvalue weighted by Gasteiger charge is 2.40. The van der Waals surface area contributed by atoms with E-state index in [1.54, 1.807) is 0 Å². The van der Waals surface area contributed by atoms with Crippen LogP contribution in [0.5, 0.6) is 0 Å². The van der Waals surface area contributed by atoms with Crippen molar-refractivity contribution in [3.8, 4) is 0 Å². The molecule has 2 aliphatic heterocycles. The zero-order valence-electron chi connectivity index (χ0n) is 24.5. The molecule has 3 rings (SSSR count). The summed E-state index contributed by atoms with van der Waals surface area (Å²) in [4.78, 5) is 32.2. The van der Waals surface area contributed by atoms with Crippen LogP contribution in [0.25, 0.3) is 0 Å². The molecule has 0 spiro atoms. The number of urea groups is 1. The lowest BCUT2D eigenvalue weighted by atomic mass is 9.98. The second-order valence-corrected chi connectivity index (χ2v) is 10.6. The smallest absolute Gasteiger partial charge is 0.400 e. The molecule has 0 aromatic carbocycles. The summed E-state index contributed by atoms with van der Waals surface area (Å²) in [6.45, 7) is 15.1. The summed E-state index contributed by atoms with van der Waals surface area (Å²) in [5, 5.41) is 12.0. The predicted molar refractivity (Wildman–Crippen MR) is 161 cm³/mol. The van der Waals surface area contributed by atoms with E-state index in [-0.39, 0.29) is 30.5 Å². The molecule has 14 heteroatoms. The van der Waals surface area contributed by atoms with Crippen LogP contribution in [0.2, 0.25) is 0 Å². The number of aliphatic hydroxyl groups excluding tert-OH is 1. The van der Waals surface area contributed by atoms with Crippen molar-refractivity contribution >= 4 is 19.7 Å². The molecule has 242 valence electrons. The van der Waals surface area contributed by atoms with E-state index >= 15 is 0 Å². The lowest BCUT2D eigenvalue weighted by molar-refractivity contribution is -0.150. The maximum absolute atomic E-state index is 13.1. The summed E-state index contributed by atoms with van der Waals surface area (Å²) in [5.74, 6) is -0.596. The van der Waals surface area contributed by atoms with Gasteiger partial charge in [0.2, 0.25) is 0 Å². The maximum Gasteiger partial charge on any atom is 0.400 e. The van der Waals surface area contributed by atoms with Gasteiger partial charge >= 0.3 is 19.7 Å². The number of carbonyl (C=O) groups is 2. The Balaban J connectivity index is 0. The van der Waals surface area contributed by atoms with Gasteiger partial charge in [-0.2, -0.15) is 0 Å². The van der Waals surface area contributed by atoms with Gasteiger partial charge in [-0.05, 0) is 38.5 Å². The van der Waals surface area contributed by atoms with Crippen LogP contribution in [0.3, 0.4) is 0 Å². The Bertz CT molecular complexity index is 881. The number of amides is 2. The van der Waals surface area contributed by atoms with Gasteiger partial charge in [-0.3, -0.25) is 14.2 Å². The molecule has 2 heterocycles. The SMILES string of the molecule is C=CCC=C.C=CCC=C.CCC(=O)OC1CCCCC1.NP(=O)(O)OC[C@H]1O[C@@H](N2C=C(F)CNC2=O)CC1O.O. The van der Waals surface area contributed by atoms with Gasteiger partial charge in [-0.15, -0.1) is 26.3 Å². The normalized spacial score (nSPS) is 22.7. The van der Waals surface area contributed by atoms with Crippen molar-refractivity contribution in [1.29, 1.82) is 0 Å². The van der Waals surface area contributed by atoms with Gasteiger partial charge in [0.15, 0.2) is 0 Å². The molecule has 2 amide bonds. The summed E-state index contributed by atoms with van der Waals surface area (Å²) < 4.78 is 38.9. The van der Waals surface area contributed by atoms with Crippen molar-refractivity contribution in [2.24, 2.45) is 5.50 Å². The van der Waals surface area contributed by atoms with Gasteiger partial charge in [0.05, 0.1) is 19.3 Å². The van der Waals surface area contributed by atoms with Crippen molar-refractivity contribution in [3.63, 3.8) is 0 Å². The van der Waals surface area contributed by atoms with Crippen molar-refractivity contribution in [3.05, 3.63) is 62.6 Å². The second-order valence-electron chi connectivity index (χ2n) is 9.16. The summed E-state index contributed by atoms with van der Waals surface area (Å²) in [6, 6.07) is -0.558. The van der Waals surface area contributed by atoms with E-state index in [0.29, 0.717) is 6.42 Å². The molecule has 2 unspecified atom stereocenters. The molecular weight excluding hydrogens is 572 g/mol. The summed E-state index contributed by atoms with van der Waals surface area (Å²) in [5.41, 5.74) is 4.79. The standard InChI is InChI=1S/C9H15FN3O6P.C9H16O2.2C5H8.H2O/c10-5-2-12-9(15)13(3-5)8-1-6(14)7(19-8)4-18-20(11,16)17;1-2-9(10)11-8-6-4-3-5-7-8;2*1-3-5-4-2;/h3,6-8,14H,1-2,4H2,(H,12,15)(H3,11,16,17);8H,2-7H2,1H3;2*3-4H,1-2,5H2;1H2/t6?,7-,8-;;;;/m1..../s1. The second kappa shape index (κ2) is 23.9. The van der Waals surface area contributed by atoms with Gasteiger partial charge in [0.25, 0.3) is 0 Å². The first-order valence-corrected chi connectivity index (χ1v) is 15.2. The third-order valence-corrected chi connectivity index (χ3v) is 6.19. The average Bonchev–Trinajstić information content (AvgIpc) is 3.31. The highest BCUT2D eigenvalue weighted by Crippen LogP contribution is 2.34. The van der Waals surface area contributed by atoms with Crippen molar-refractivity contribution in [1.82, 2.24) is 10.2 Å². The van der Waals surface area contributed by atoms with Crippen LogP contribution in [0, 0.1) is 0 Å². The molecule has 2 fully saturated rings. The van der Waals surface area contributed by atoms with Gasteiger partial charge < -0.3 is 30.3 Å². The van der Waals surface area contributed by atoms with E-state index < -0.39 is 44.6 Å². The maximum atomic E-state index is 13.1. The number of aliphatic hydroxyl groups is 1. The number of halogens is 1. The zero-order chi connectivity index (χ0) is 31.3. The number of nitrogens with two attached hydrogens (primary N) is 1. The molecule has 0 aromatic heterocycles. The minimum Gasteiger partial charge on any atom is -0.462 e. The number of nitrogens with zero attached hydrogens (tertiary/aromatic N) is 1. The molecule has 7 N–H and O–H groups in total. The van der Waals surface area contributed by atoms with Crippen LogP contribution >= 0.6 is 7.75 Å². The monoisotopic (exact) mass is 621 g/mol. The number of rotatable bonds is 10. The fourth-order valence-electron chi connectivity index (χ4n) is 3.62. The largest absolute Gasteiger partial charge is 0.462 e. The number of allylic oxidation sites excluding steroid dienone is 4. The Hall–Kier alpha value is -2.64. The molecule has 1 saturated heterocycles.